The summed E-state index contributed by atoms with van der Waals surface area (Å²) in [4.78, 5) is 0. The standard InChI is InChI=1S/C11H12NO/c1-2-12-7-9(8-13)10-5-3-4-6-11(10)12/h4-7,13H,2,8H2,1H3. The predicted octanol–water partition coefficient (Wildman–Crippen LogP) is 1.95. The molecule has 2 heteroatoms. The van der Waals surface area contributed by atoms with Gasteiger partial charge in [-0.05, 0) is 25.1 Å². The number of hydrogen-bond donors (Lipinski definition) is 1. The molecule has 1 aromatic heterocycles. The zero-order valence-electron chi connectivity index (χ0n) is 7.62. The highest BCUT2D eigenvalue weighted by Gasteiger charge is 2.04. The predicted molar refractivity (Wildman–Crippen MR) is 52.4 cm³/mol. The van der Waals surface area contributed by atoms with Gasteiger partial charge in [0.25, 0.3) is 0 Å². The maximum atomic E-state index is 9.12. The number of aliphatic hydroxyl groups is 1. The molecule has 0 unspecified atom stereocenters. The zero-order chi connectivity index (χ0) is 9.26. The van der Waals surface area contributed by atoms with Gasteiger partial charge in [-0.15, -0.1) is 0 Å². The summed E-state index contributed by atoms with van der Waals surface area (Å²) < 4.78 is 2.13. The van der Waals surface area contributed by atoms with Gasteiger partial charge in [-0.2, -0.15) is 0 Å². The average molecular weight is 174 g/mol. The highest BCUT2D eigenvalue weighted by atomic mass is 16.3. The van der Waals surface area contributed by atoms with Gasteiger partial charge in [0, 0.05) is 29.2 Å². The number of fused-ring (bicyclic) bond motifs is 1. The summed E-state index contributed by atoms with van der Waals surface area (Å²) in [6.07, 6.45) is 2.00. The van der Waals surface area contributed by atoms with Gasteiger partial charge < -0.3 is 9.67 Å². The summed E-state index contributed by atoms with van der Waals surface area (Å²) in [5.74, 6) is 0. The van der Waals surface area contributed by atoms with Crippen LogP contribution >= 0.6 is 0 Å². The third-order valence-corrected chi connectivity index (χ3v) is 2.32. The second-order valence-electron chi connectivity index (χ2n) is 3.04. The van der Waals surface area contributed by atoms with Gasteiger partial charge in [0.05, 0.1) is 6.61 Å². The Morgan fingerprint density at radius 2 is 2.38 bits per heavy atom. The van der Waals surface area contributed by atoms with Gasteiger partial charge in [0.2, 0.25) is 0 Å². The largest absolute Gasteiger partial charge is 0.392 e. The molecule has 1 heterocycles. The van der Waals surface area contributed by atoms with Crippen LogP contribution in [0.4, 0.5) is 0 Å². The first-order chi connectivity index (χ1) is 6.36. The summed E-state index contributed by atoms with van der Waals surface area (Å²) >= 11 is 0. The van der Waals surface area contributed by atoms with E-state index in [0.29, 0.717) is 0 Å². The van der Waals surface area contributed by atoms with Gasteiger partial charge in [-0.25, -0.2) is 0 Å². The molecule has 0 aliphatic rings. The summed E-state index contributed by atoms with van der Waals surface area (Å²) in [6.45, 7) is 3.12. The molecule has 0 saturated carbocycles. The Morgan fingerprint density at radius 1 is 1.54 bits per heavy atom. The highest BCUT2D eigenvalue weighted by Crippen LogP contribution is 2.20. The molecular formula is C11H12NO. The van der Waals surface area contributed by atoms with Crippen LogP contribution in [0.15, 0.2) is 24.4 Å². The number of rotatable bonds is 2. The van der Waals surface area contributed by atoms with Crippen molar-refractivity contribution in [2.75, 3.05) is 0 Å². The van der Waals surface area contributed by atoms with E-state index in [4.69, 9.17) is 5.11 Å². The lowest BCUT2D eigenvalue weighted by Gasteiger charge is -1.97. The molecule has 0 atom stereocenters. The van der Waals surface area contributed by atoms with Crippen LogP contribution in [0.1, 0.15) is 12.5 Å². The molecular weight excluding hydrogens is 162 g/mol. The van der Waals surface area contributed by atoms with Crippen LogP contribution in [0.25, 0.3) is 10.9 Å². The van der Waals surface area contributed by atoms with E-state index in [1.165, 1.54) is 5.52 Å². The topological polar surface area (TPSA) is 25.2 Å². The summed E-state index contributed by atoms with van der Waals surface area (Å²) in [5, 5.41) is 10.2. The number of aliphatic hydroxyl groups excluding tert-OH is 1. The molecule has 0 aliphatic heterocycles. The molecule has 0 amide bonds. The summed E-state index contributed by atoms with van der Waals surface area (Å²) in [7, 11) is 0. The molecule has 0 aliphatic carbocycles. The van der Waals surface area contributed by atoms with Crippen molar-refractivity contribution in [1.29, 1.82) is 0 Å². The first-order valence-electron chi connectivity index (χ1n) is 4.45. The van der Waals surface area contributed by atoms with E-state index in [1.807, 2.05) is 24.4 Å². The SMILES string of the molecule is CCn1cc(CO)c2c[c]ccc21. The molecule has 2 nitrogen and oxygen atoms in total. The molecule has 0 saturated heterocycles. The van der Waals surface area contributed by atoms with Crippen molar-refractivity contribution in [3.63, 3.8) is 0 Å². The quantitative estimate of drug-likeness (QED) is 0.739. The molecule has 0 spiro atoms. The maximum absolute atomic E-state index is 9.12. The summed E-state index contributed by atoms with van der Waals surface area (Å²) in [5.41, 5.74) is 2.15. The monoisotopic (exact) mass is 174 g/mol. The van der Waals surface area contributed by atoms with Crippen molar-refractivity contribution in [2.45, 2.75) is 20.1 Å². The zero-order valence-corrected chi connectivity index (χ0v) is 7.62. The minimum absolute atomic E-state index is 0.0986. The van der Waals surface area contributed by atoms with Crippen molar-refractivity contribution >= 4 is 10.9 Å². The van der Waals surface area contributed by atoms with Gasteiger partial charge >= 0.3 is 0 Å². The van der Waals surface area contributed by atoms with Crippen LogP contribution in [-0.4, -0.2) is 9.67 Å². The van der Waals surface area contributed by atoms with E-state index in [-0.39, 0.29) is 6.61 Å². The van der Waals surface area contributed by atoms with Gasteiger partial charge in [-0.1, -0.05) is 6.07 Å². The first kappa shape index (κ1) is 8.32. The van der Waals surface area contributed by atoms with Crippen LogP contribution in [0.3, 0.4) is 0 Å². The fourth-order valence-corrected chi connectivity index (χ4v) is 1.64. The Kier molecular flexibility index (Phi) is 2.07. The molecule has 2 aromatic rings. The normalized spacial score (nSPS) is 10.9. The van der Waals surface area contributed by atoms with Crippen LogP contribution in [0.2, 0.25) is 0 Å². The Balaban J connectivity index is 2.74. The van der Waals surface area contributed by atoms with Crippen LogP contribution in [0.5, 0.6) is 0 Å². The molecule has 1 radical (unpaired) electrons. The van der Waals surface area contributed by atoms with Crippen molar-refractivity contribution in [3.05, 3.63) is 36.0 Å². The fourth-order valence-electron chi connectivity index (χ4n) is 1.64. The third kappa shape index (κ3) is 1.23. The van der Waals surface area contributed by atoms with Crippen LogP contribution in [0, 0.1) is 6.07 Å². The molecule has 0 bridgehead atoms. The van der Waals surface area contributed by atoms with E-state index in [0.717, 1.165) is 17.5 Å². The smallest absolute Gasteiger partial charge is 0.0702 e. The van der Waals surface area contributed by atoms with Gasteiger partial charge in [0.15, 0.2) is 0 Å². The van der Waals surface area contributed by atoms with Crippen molar-refractivity contribution < 1.29 is 5.11 Å². The Morgan fingerprint density at radius 3 is 3.08 bits per heavy atom. The maximum Gasteiger partial charge on any atom is 0.0702 e. The van der Waals surface area contributed by atoms with Crippen LogP contribution in [-0.2, 0) is 13.2 Å². The number of nitrogens with zero attached hydrogens (tertiary/aromatic N) is 1. The average Bonchev–Trinajstić information content (AvgIpc) is 2.56. The van der Waals surface area contributed by atoms with Gasteiger partial charge in [-0.3, -0.25) is 0 Å². The highest BCUT2D eigenvalue weighted by molar-refractivity contribution is 5.83. The lowest BCUT2D eigenvalue weighted by Crippen LogP contribution is -1.89. The molecule has 1 N–H and O–H groups in total. The minimum atomic E-state index is 0.0986. The number of aryl methyl sites for hydroxylation is 1. The second-order valence-corrected chi connectivity index (χ2v) is 3.04. The number of hydrogen-bond acceptors (Lipinski definition) is 1. The molecule has 2 rings (SSSR count). The van der Waals surface area contributed by atoms with E-state index in [1.54, 1.807) is 0 Å². The Labute approximate surface area is 77.4 Å². The van der Waals surface area contributed by atoms with Crippen LogP contribution < -0.4 is 0 Å². The Hall–Kier alpha value is -1.28. The third-order valence-electron chi connectivity index (χ3n) is 2.32. The number of benzene rings is 1. The van der Waals surface area contributed by atoms with E-state index in [2.05, 4.69) is 17.6 Å². The molecule has 13 heavy (non-hydrogen) atoms. The van der Waals surface area contributed by atoms with E-state index < -0.39 is 0 Å². The fraction of sp³-hybridized carbons (Fsp3) is 0.273. The molecule has 1 aromatic carbocycles. The Bertz CT molecular complexity index is 379. The molecule has 67 valence electrons. The van der Waals surface area contributed by atoms with Gasteiger partial charge in [0.1, 0.15) is 0 Å². The summed E-state index contributed by atoms with van der Waals surface area (Å²) in [6, 6.07) is 8.87. The van der Waals surface area contributed by atoms with Crippen molar-refractivity contribution in [1.82, 2.24) is 4.57 Å². The lowest BCUT2D eigenvalue weighted by atomic mass is 10.2. The number of aromatic nitrogens is 1. The molecule has 0 fully saturated rings. The second kappa shape index (κ2) is 3.23. The van der Waals surface area contributed by atoms with Crippen molar-refractivity contribution in [3.8, 4) is 0 Å². The van der Waals surface area contributed by atoms with E-state index in [9.17, 15) is 0 Å². The lowest BCUT2D eigenvalue weighted by molar-refractivity contribution is 0.283. The van der Waals surface area contributed by atoms with E-state index >= 15 is 0 Å². The minimum Gasteiger partial charge on any atom is -0.392 e. The van der Waals surface area contributed by atoms with Crippen molar-refractivity contribution in [2.24, 2.45) is 0 Å². The first-order valence-corrected chi connectivity index (χ1v) is 4.45.